The first-order chi connectivity index (χ1) is 22.7. The van der Waals surface area contributed by atoms with Crippen molar-refractivity contribution < 1.29 is 14.2 Å². The number of rotatable bonds is 10. The van der Waals surface area contributed by atoms with Crippen LogP contribution in [0.3, 0.4) is 0 Å². The maximum atomic E-state index is 8.35. The van der Waals surface area contributed by atoms with E-state index < -0.39 is 22.4 Å². The molecule has 8 rings (SSSR count). The summed E-state index contributed by atoms with van der Waals surface area (Å²) in [6.45, 7) is 2.65. The smallest absolute Gasteiger partial charge is 0.157 e. The lowest BCUT2D eigenvalue weighted by atomic mass is 9.67. The van der Waals surface area contributed by atoms with E-state index in [9.17, 15) is 0 Å². The van der Waals surface area contributed by atoms with Crippen molar-refractivity contribution in [3.8, 4) is 0 Å². The average molecular weight is 601 g/mol. The van der Waals surface area contributed by atoms with Crippen LogP contribution in [0.5, 0.6) is 0 Å². The van der Waals surface area contributed by atoms with E-state index >= 15 is 0 Å². The molecule has 6 aromatic rings. The Bertz CT molecular complexity index is 1810. The quantitative estimate of drug-likeness (QED) is 0.147. The molecule has 2 saturated heterocycles. The van der Waals surface area contributed by atoms with Crippen molar-refractivity contribution in [1.82, 2.24) is 0 Å². The highest BCUT2D eigenvalue weighted by Crippen LogP contribution is 2.68. The molecule has 46 heavy (non-hydrogen) atoms. The third-order valence-electron chi connectivity index (χ3n) is 9.87. The minimum Gasteiger partial charge on any atom is -0.361 e. The van der Waals surface area contributed by atoms with E-state index in [1.54, 1.807) is 0 Å². The standard InChI is InChI=1S/C43H36O3/c1-33-41(45-33,35-22-10-3-11-23-35)43(38-28-16-6-17-29-38,39-30-18-7-19-31-39)46-42(36-24-12-4-13-25-36,37-26-14-5-15-27-37)40(32-44-40)34-20-8-2-9-21-34/h2-31,33H,32H2,1H3. The number of ether oxygens (including phenoxy) is 3. The van der Waals surface area contributed by atoms with Crippen molar-refractivity contribution in [2.24, 2.45) is 0 Å². The van der Waals surface area contributed by atoms with Crippen LogP contribution in [0.15, 0.2) is 182 Å². The highest BCUT2D eigenvalue weighted by molar-refractivity contribution is 5.53. The second kappa shape index (κ2) is 11.2. The Morgan fingerprint density at radius 3 is 1.11 bits per heavy atom. The van der Waals surface area contributed by atoms with Gasteiger partial charge >= 0.3 is 0 Å². The Morgan fingerprint density at radius 1 is 0.478 bits per heavy atom. The van der Waals surface area contributed by atoms with E-state index in [0.29, 0.717) is 6.61 Å². The summed E-state index contributed by atoms with van der Waals surface area (Å²) in [4.78, 5) is 0. The predicted molar refractivity (Wildman–Crippen MR) is 181 cm³/mol. The number of hydrogen-bond acceptors (Lipinski definition) is 3. The van der Waals surface area contributed by atoms with Crippen molar-refractivity contribution in [3.05, 3.63) is 215 Å². The second-order valence-electron chi connectivity index (χ2n) is 12.3. The van der Waals surface area contributed by atoms with Gasteiger partial charge in [0.15, 0.2) is 22.4 Å². The molecular weight excluding hydrogens is 564 g/mol. The molecular formula is C43H36O3. The van der Waals surface area contributed by atoms with Gasteiger partial charge in [-0.25, -0.2) is 0 Å². The summed E-state index contributed by atoms with van der Waals surface area (Å²) in [6, 6.07) is 63.5. The Balaban J connectivity index is 1.53. The molecule has 0 bridgehead atoms. The highest BCUT2D eigenvalue weighted by atomic mass is 16.7. The van der Waals surface area contributed by atoms with Gasteiger partial charge in [-0.05, 0) is 40.3 Å². The molecule has 2 aliphatic heterocycles. The van der Waals surface area contributed by atoms with Crippen molar-refractivity contribution in [1.29, 1.82) is 0 Å². The van der Waals surface area contributed by atoms with E-state index in [4.69, 9.17) is 14.2 Å². The van der Waals surface area contributed by atoms with Crippen LogP contribution in [0, 0.1) is 0 Å². The molecule has 0 amide bonds. The minimum atomic E-state index is -1.12. The van der Waals surface area contributed by atoms with Gasteiger partial charge in [0, 0.05) is 0 Å². The van der Waals surface area contributed by atoms with Gasteiger partial charge in [-0.3, -0.25) is 0 Å². The molecule has 226 valence electrons. The number of epoxide rings is 2. The van der Waals surface area contributed by atoms with Crippen LogP contribution >= 0.6 is 0 Å². The van der Waals surface area contributed by atoms with Gasteiger partial charge in [-0.1, -0.05) is 182 Å². The van der Waals surface area contributed by atoms with Crippen LogP contribution in [0.1, 0.15) is 40.3 Å². The van der Waals surface area contributed by atoms with Gasteiger partial charge in [0.25, 0.3) is 0 Å². The summed E-state index contributed by atoms with van der Waals surface area (Å²) in [5.41, 5.74) is 2.29. The van der Waals surface area contributed by atoms with Gasteiger partial charge < -0.3 is 14.2 Å². The zero-order valence-electron chi connectivity index (χ0n) is 25.8. The van der Waals surface area contributed by atoms with Gasteiger partial charge in [0.05, 0.1) is 12.7 Å². The van der Waals surface area contributed by atoms with Gasteiger partial charge in [0.1, 0.15) is 0 Å². The third-order valence-corrected chi connectivity index (χ3v) is 9.87. The number of benzene rings is 6. The summed E-state index contributed by atoms with van der Waals surface area (Å²) < 4.78 is 22.1. The van der Waals surface area contributed by atoms with Crippen LogP contribution in [-0.4, -0.2) is 12.7 Å². The van der Waals surface area contributed by atoms with Crippen molar-refractivity contribution in [3.63, 3.8) is 0 Å². The Hall–Kier alpha value is -4.80. The summed E-state index contributed by atoms with van der Waals surface area (Å²) >= 11 is 0. The van der Waals surface area contributed by atoms with Crippen molar-refractivity contribution in [2.45, 2.75) is 35.4 Å². The molecule has 3 heteroatoms. The molecule has 0 saturated carbocycles. The third kappa shape index (κ3) is 4.16. The van der Waals surface area contributed by atoms with E-state index in [0.717, 1.165) is 33.4 Å². The molecule has 6 aromatic carbocycles. The average Bonchev–Trinajstić information content (AvgIpc) is 4.08. The largest absolute Gasteiger partial charge is 0.361 e. The summed E-state index contributed by atoms with van der Waals surface area (Å²) in [7, 11) is 0. The maximum Gasteiger partial charge on any atom is 0.157 e. The van der Waals surface area contributed by atoms with E-state index in [2.05, 4.69) is 189 Å². The molecule has 0 aliphatic carbocycles. The first kappa shape index (κ1) is 28.7. The van der Waals surface area contributed by atoms with Crippen molar-refractivity contribution >= 4 is 0 Å². The Morgan fingerprint density at radius 2 is 0.783 bits per heavy atom. The van der Waals surface area contributed by atoms with E-state index in [1.165, 1.54) is 0 Å². The monoisotopic (exact) mass is 600 g/mol. The number of hydrogen-bond donors (Lipinski definition) is 0. The Labute approximate surface area is 271 Å². The van der Waals surface area contributed by atoms with Gasteiger partial charge in [-0.2, -0.15) is 0 Å². The minimum absolute atomic E-state index is 0.146. The topological polar surface area (TPSA) is 34.3 Å². The first-order valence-corrected chi connectivity index (χ1v) is 16.0. The lowest BCUT2D eigenvalue weighted by Gasteiger charge is -2.50. The highest BCUT2D eigenvalue weighted by Gasteiger charge is 2.75. The summed E-state index contributed by atoms with van der Waals surface area (Å²) in [6.07, 6.45) is -0.146. The van der Waals surface area contributed by atoms with E-state index in [-0.39, 0.29) is 6.10 Å². The molecule has 3 unspecified atom stereocenters. The van der Waals surface area contributed by atoms with Crippen LogP contribution in [0.4, 0.5) is 0 Å². The lowest BCUT2D eigenvalue weighted by Crippen LogP contribution is -2.56. The fraction of sp³-hybridized carbons (Fsp3) is 0.163. The molecule has 0 aromatic heterocycles. The van der Waals surface area contributed by atoms with Crippen LogP contribution < -0.4 is 0 Å². The fourth-order valence-corrected chi connectivity index (χ4v) is 7.70. The first-order valence-electron chi connectivity index (χ1n) is 16.0. The van der Waals surface area contributed by atoms with Gasteiger partial charge in [0.2, 0.25) is 0 Å². The molecule has 2 aliphatic rings. The Kier molecular flexibility index (Phi) is 6.99. The molecule has 3 nitrogen and oxygen atoms in total. The maximum absolute atomic E-state index is 8.35. The predicted octanol–water partition coefficient (Wildman–Crippen LogP) is 9.13. The molecule has 0 N–H and O–H groups in total. The zero-order chi connectivity index (χ0) is 31.1. The molecule has 3 atom stereocenters. The molecule has 0 radical (unpaired) electrons. The SMILES string of the molecule is CC1OC1(c1ccccc1)C(OC(c1ccccc1)(c1ccccc1)C1(c2ccccc2)CO1)(c1ccccc1)c1ccccc1. The fourth-order valence-electron chi connectivity index (χ4n) is 7.70. The van der Waals surface area contributed by atoms with Crippen molar-refractivity contribution in [2.75, 3.05) is 6.61 Å². The normalized spacial score (nSPS) is 22.2. The molecule has 2 fully saturated rings. The van der Waals surface area contributed by atoms with Gasteiger partial charge in [-0.15, -0.1) is 0 Å². The van der Waals surface area contributed by atoms with Crippen LogP contribution in [-0.2, 0) is 36.6 Å². The second-order valence-corrected chi connectivity index (χ2v) is 12.3. The van der Waals surface area contributed by atoms with Crippen LogP contribution in [0.2, 0.25) is 0 Å². The van der Waals surface area contributed by atoms with Crippen LogP contribution in [0.25, 0.3) is 0 Å². The lowest BCUT2D eigenvalue weighted by molar-refractivity contribution is -0.193. The van der Waals surface area contributed by atoms with E-state index in [1.807, 2.05) is 0 Å². The molecule has 2 heterocycles. The summed E-state index contributed by atoms with van der Waals surface area (Å²) in [5.74, 6) is 0. The molecule has 0 spiro atoms. The zero-order valence-corrected chi connectivity index (χ0v) is 25.8. The summed E-state index contributed by atoms with van der Waals surface area (Å²) in [5, 5.41) is 0.